The zero-order chi connectivity index (χ0) is 19.6. The molecule has 0 aromatic heterocycles. The Labute approximate surface area is 167 Å². The monoisotopic (exact) mass is 385 g/mol. The number of nitrogens with one attached hydrogen (secondary N) is 1. The first-order valence-corrected chi connectivity index (χ1v) is 10.5. The van der Waals surface area contributed by atoms with Crippen LogP contribution in [-0.2, 0) is 15.1 Å². The average Bonchev–Trinajstić information content (AvgIpc) is 3.09. The van der Waals surface area contributed by atoms with Gasteiger partial charge in [-0.3, -0.25) is 4.79 Å². The van der Waals surface area contributed by atoms with Crippen LogP contribution in [0, 0.1) is 5.41 Å². The SMILES string of the molecule is COC(=O)CCC1(c2ccccc2)CNC(=O)N1CCC12CCN(CC1)CC2. The van der Waals surface area contributed by atoms with Gasteiger partial charge in [-0.1, -0.05) is 30.3 Å². The van der Waals surface area contributed by atoms with Crippen LogP contribution in [0.2, 0.25) is 0 Å². The Bertz CT molecular complexity index is 701. The first-order chi connectivity index (χ1) is 13.6. The molecule has 4 fully saturated rings. The number of benzene rings is 1. The van der Waals surface area contributed by atoms with Crippen LogP contribution in [0.4, 0.5) is 4.79 Å². The van der Waals surface area contributed by atoms with Gasteiger partial charge in [0, 0.05) is 19.5 Å². The third-order valence-corrected chi connectivity index (χ3v) is 7.32. The van der Waals surface area contributed by atoms with Crippen molar-refractivity contribution in [3.8, 4) is 0 Å². The molecule has 1 N–H and O–H groups in total. The van der Waals surface area contributed by atoms with Crippen molar-refractivity contribution in [3.63, 3.8) is 0 Å². The highest BCUT2D eigenvalue weighted by Gasteiger charge is 2.48. The van der Waals surface area contributed by atoms with E-state index in [1.54, 1.807) is 0 Å². The molecule has 6 heteroatoms. The Balaban J connectivity index is 1.56. The average molecular weight is 386 g/mol. The summed E-state index contributed by atoms with van der Waals surface area (Å²) in [5.41, 5.74) is 0.981. The molecule has 4 aliphatic heterocycles. The predicted molar refractivity (Wildman–Crippen MR) is 107 cm³/mol. The third kappa shape index (κ3) is 3.50. The molecule has 5 rings (SSSR count). The number of ether oxygens (including phenoxy) is 1. The fourth-order valence-corrected chi connectivity index (χ4v) is 5.33. The van der Waals surface area contributed by atoms with Gasteiger partial charge in [0.15, 0.2) is 0 Å². The van der Waals surface area contributed by atoms with E-state index in [4.69, 9.17) is 4.74 Å². The van der Waals surface area contributed by atoms with Crippen molar-refractivity contribution in [2.75, 3.05) is 39.8 Å². The fraction of sp³-hybridized carbons (Fsp3) is 0.636. The summed E-state index contributed by atoms with van der Waals surface area (Å²) in [4.78, 5) is 29.3. The Hall–Kier alpha value is -2.08. The molecule has 1 aromatic rings. The van der Waals surface area contributed by atoms with Crippen LogP contribution in [0.3, 0.4) is 0 Å². The number of esters is 1. The maximum atomic E-state index is 12.8. The summed E-state index contributed by atoms with van der Waals surface area (Å²) in [6.07, 6.45) is 5.64. The van der Waals surface area contributed by atoms with Gasteiger partial charge in [-0.25, -0.2) is 4.79 Å². The van der Waals surface area contributed by atoms with E-state index in [1.165, 1.54) is 46.0 Å². The van der Waals surface area contributed by atoms with E-state index < -0.39 is 5.54 Å². The summed E-state index contributed by atoms with van der Waals surface area (Å²) in [6.45, 7) is 4.85. The molecule has 152 valence electrons. The number of methoxy groups -OCH3 is 1. The summed E-state index contributed by atoms with van der Waals surface area (Å²) in [5.74, 6) is -0.229. The number of piperidine rings is 3. The van der Waals surface area contributed by atoms with Crippen LogP contribution in [0.15, 0.2) is 30.3 Å². The second-order valence-corrected chi connectivity index (χ2v) is 8.63. The van der Waals surface area contributed by atoms with E-state index in [1.807, 2.05) is 23.1 Å². The van der Waals surface area contributed by atoms with Gasteiger partial charge in [-0.15, -0.1) is 0 Å². The zero-order valence-electron chi connectivity index (χ0n) is 16.8. The fourth-order valence-electron chi connectivity index (χ4n) is 5.33. The molecule has 0 radical (unpaired) electrons. The first-order valence-electron chi connectivity index (χ1n) is 10.5. The number of rotatable bonds is 7. The van der Waals surface area contributed by atoms with Crippen LogP contribution in [-0.4, -0.2) is 61.6 Å². The molecular weight excluding hydrogens is 354 g/mol. The van der Waals surface area contributed by atoms with E-state index >= 15 is 0 Å². The van der Waals surface area contributed by atoms with Gasteiger partial charge in [0.05, 0.1) is 12.6 Å². The number of amides is 2. The number of hydrogen-bond donors (Lipinski definition) is 1. The van der Waals surface area contributed by atoms with Gasteiger partial charge in [-0.05, 0) is 62.7 Å². The lowest BCUT2D eigenvalue weighted by Crippen LogP contribution is -2.51. The third-order valence-electron chi connectivity index (χ3n) is 7.32. The van der Waals surface area contributed by atoms with Crippen molar-refractivity contribution < 1.29 is 14.3 Å². The summed E-state index contributed by atoms with van der Waals surface area (Å²) >= 11 is 0. The number of hydrogen-bond acceptors (Lipinski definition) is 4. The van der Waals surface area contributed by atoms with Crippen molar-refractivity contribution in [1.82, 2.24) is 15.1 Å². The smallest absolute Gasteiger partial charge is 0.318 e. The van der Waals surface area contributed by atoms with Crippen LogP contribution >= 0.6 is 0 Å². The number of carbonyl (C=O) groups excluding carboxylic acids is 2. The van der Waals surface area contributed by atoms with Gasteiger partial charge in [0.1, 0.15) is 0 Å². The molecule has 2 bridgehead atoms. The standard InChI is InChI=1S/C22H31N3O3/c1-28-19(26)7-8-22(18-5-3-2-4-6-18)17-23-20(27)25(22)16-12-21-9-13-24(14-10-21)15-11-21/h2-6H,7-17H2,1H3,(H,23,27). The Kier molecular flexibility index (Phi) is 5.32. The number of nitrogens with zero attached hydrogens (tertiary/aromatic N) is 2. The van der Waals surface area contributed by atoms with Crippen LogP contribution in [0.25, 0.3) is 0 Å². The lowest BCUT2D eigenvalue weighted by Gasteiger charge is -2.49. The normalized spacial score (nSPS) is 31.7. The molecule has 0 saturated carbocycles. The molecule has 4 aliphatic rings. The molecule has 1 unspecified atom stereocenters. The highest BCUT2D eigenvalue weighted by molar-refractivity contribution is 5.79. The number of fused-ring (bicyclic) bond motifs is 3. The van der Waals surface area contributed by atoms with E-state index in [-0.39, 0.29) is 12.0 Å². The summed E-state index contributed by atoms with van der Waals surface area (Å²) in [5, 5.41) is 3.06. The van der Waals surface area contributed by atoms with E-state index in [2.05, 4.69) is 22.3 Å². The van der Waals surface area contributed by atoms with Crippen LogP contribution < -0.4 is 5.32 Å². The molecule has 28 heavy (non-hydrogen) atoms. The van der Waals surface area contributed by atoms with Crippen molar-refractivity contribution in [3.05, 3.63) is 35.9 Å². The minimum Gasteiger partial charge on any atom is -0.469 e. The van der Waals surface area contributed by atoms with Gasteiger partial charge >= 0.3 is 12.0 Å². The van der Waals surface area contributed by atoms with E-state index in [9.17, 15) is 9.59 Å². The molecule has 1 atom stereocenters. The highest BCUT2D eigenvalue weighted by Crippen LogP contribution is 2.44. The van der Waals surface area contributed by atoms with Crippen molar-refractivity contribution in [2.45, 2.75) is 44.1 Å². The lowest BCUT2D eigenvalue weighted by molar-refractivity contribution is -0.141. The van der Waals surface area contributed by atoms with Crippen LogP contribution in [0.1, 0.15) is 44.1 Å². The lowest BCUT2D eigenvalue weighted by atomic mass is 9.69. The molecule has 4 saturated heterocycles. The molecule has 1 aromatic carbocycles. The van der Waals surface area contributed by atoms with Crippen molar-refractivity contribution in [1.29, 1.82) is 0 Å². The van der Waals surface area contributed by atoms with Crippen molar-refractivity contribution in [2.24, 2.45) is 5.41 Å². The minimum absolute atomic E-state index is 0.0154. The minimum atomic E-state index is -0.488. The van der Waals surface area contributed by atoms with Gasteiger partial charge in [0.25, 0.3) is 0 Å². The number of urea groups is 1. The van der Waals surface area contributed by atoms with E-state index in [0.717, 1.165) is 18.5 Å². The van der Waals surface area contributed by atoms with Crippen LogP contribution in [0.5, 0.6) is 0 Å². The number of carbonyl (C=O) groups is 2. The Morgan fingerprint density at radius 1 is 1.11 bits per heavy atom. The van der Waals surface area contributed by atoms with E-state index in [0.29, 0.717) is 24.8 Å². The summed E-state index contributed by atoms with van der Waals surface area (Å²) in [7, 11) is 1.42. The maximum Gasteiger partial charge on any atom is 0.318 e. The summed E-state index contributed by atoms with van der Waals surface area (Å²) < 4.78 is 4.88. The molecule has 0 spiro atoms. The Morgan fingerprint density at radius 2 is 1.79 bits per heavy atom. The van der Waals surface area contributed by atoms with Crippen molar-refractivity contribution >= 4 is 12.0 Å². The zero-order valence-corrected chi connectivity index (χ0v) is 16.8. The summed E-state index contributed by atoms with van der Waals surface area (Å²) in [6, 6.07) is 10.1. The molecule has 4 heterocycles. The topological polar surface area (TPSA) is 61.9 Å². The molecule has 0 aliphatic carbocycles. The molecular formula is C22H31N3O3. The molecule has 2 amide bonds. The maximum absolute atomic E-state index is 12.8. The quantitative estimate of drug-likeness (QED) is 0.733. The predicted octanol–water partition coefficient (Wildman–Crippen LogP) is 2.74. The largest absolute Gasteiger partial charge is 0.469 e. The second-order valence-electron chi connectivity index (χ2n) is 8.63. The van der Waals surface area contributed by atoms with Gasteiger partial charge < -0.3 is 19.9 Å². The van der Waals surface area contributed by atoms with Gasteiger partial charge in [-0.2, -0.15) is 0 Å². The Morgan fingerprint density at radius 3 is 2.43 bits per heavy atom. The highest BCUT2D eigenvalue weighted by atomic mass is 16.5. The molecule has 6 nitrogen and oxygen atoms in total. The first kappa shape index (κ1) is 19.2. The second kappa shape index (κ2) is 7.74. The van der Waals surface area contributed by atoms with Gasteiger partial charge in [0.2, 0.25) is 0 Å².